The summed E-state index contributed by atoms with van der Waals surface area (Å²) in [6, 6.07) is 1.98. The fourth-order valence-corrected chi connectivity index (χ4v) is 1.60. The van der Waals surface area contributed by atoms with Crippen molar-refractivity contribution in [2.45, 2.75) is 26.8 Å². The zero-order valence-electron chi connectivity index (χ0n) is 8.57. The molecule has 0 aliphatic heterocycles. The fraction of sp³-hybridized carbons (Fsp3) is 0.444. The first-order valence-corrected chi connectivity index (χ1v) is 5.60. The van der Waals surface area contributed by atoms with Gasteiger partial charge in [-0.05, 0) is 40.5 Å². The van der Waals surface area contributed by atoms with Gasteiger partial charge in [0.05, 0.1) is 5.69 Å². The lowest BCUT2D eigenvalue weighted by Crippen LogP contribution is -1.99. The SMILES string of the molecule is CCc1cc(-c2nc(Br)no2)n(CC)n1. The highest BCUT2D eigenvalue weighted by atomic mass is 79.9. The third-order valence-corrected chi connectivity index (χ3v) is 2.43. The first kappa shape index (κ1) is 10.4. The molecule has 15 heavy (non-hydrogen) atoms. The van der Waals surface area contributed by atoms with E-state index in [4.69, 9.17) is 4.52 Å². The van der Waals surface area contributed by atoms with E-state index < -0.39 is 0 Å². The molecule has 0 N–H and O–H groups in total. The highest BCUT2D eigenvalue weighted by Gasteiger charge is 2.13. The molecule has 0 amide bonds. The van der Waals surface area contributed by atoms with Crippen LogP contribution in [-0.4, -0.2) is 19.9 Å². The van der Waals surface area contributed by atoms with Gasteiger partial charge in [-0.1, -0.05) is 6.92 Å². The predicted molar refractivity (Wildman–Crippen MR) is 58.3 cm³/mol. The standard InChI is InChI=1S/C9H11BrN4O/c1-3-6-5-7(14(4-2)12-6)8-11-9(10)13-15-8/h5H,3-4H2,1-2H3. The van der Waals surface area contributed by atoms with Gasteiger partial charge in [-0.15, -0.1) is 0 Å². The smallest absolute Gasteiger partial charge is 0.276 e. The third-order valence-electron chi connectivity index (χ3n) is 2.11. The van der Waals surface area contributed by atoms with E-state index in [1.165, 1.54) is 0 Å². The molecule has 80 valence electrons. The number of halogens is 1. The Morgan fingerprint density at radius 2 is 2.27 bits per heavy atom. The van der Waals surface area contributed by atoms with E-state index >= 15 is 0 Å². The number of hydrogen-bond acceptors (Lipinski definition) is 4. The summed E-state index contributed by atoms with van der Waals surface area (Å²) in [5.74, 6) is 0.496. The molecule has 6 heteroatoms. The maximum atomic E-state index is 5.08. The Bertz CT molecular complexity index is 462. The average molecular weight is 271 g/mol. The Morgan fingerprint density at radius 1 is 1.47 bits per heavy atom. The van der Waals surface area contributed by atoms with Crippen molar-refractivity contribution >= 4 is 15.9 Å². The molecule has 0 radical (unpaired) electrons. The van der Waals surface area contributed by atoms with Crippen LogP contribution in [0.25, 0.3) is 11.6 Å². The molecule has 2 aromatic rings. The van der Waals surface area contributed by atoms with Gasteiger partial charge < -0.3 is 4.52 Å². The second-order valence-corrected chi connectivity index (χ2v) is 3.77. The Labute approximate surface area is 95.6 Å². The molecule has 0 saturated heterocycles. The molecular formula is C9H11BrN4O. The van der Waals surface area contributed by atoms with Crippen molar-refractivity contribution in [1.82, 2.24) is 19.9 Å². The molecule has 0 aliphatic carbocycles. The molecule has 0 bridgehead atoms. The molecule has 0 atom stereocenters. The number of hydrogen-bond donors (Lipinski definition) is 0. The van der Waals surface area contributed by atoms with Crippen molar-refractivity contribution in [3.8, 4) is 11.6 Å². The van der Waals surface area contributed by atoms with Gasteiger partial charge in [-0.25, -0.2) is 0 Å². The van der Waals surface area contributed by atoms with E-state index in [1.807, 2.05) is 17.7 Å². The van der Waals surface area contributed by atoms with E-state index in [0.717, 1.165) is 24.4 Å². The molecule has 2 heterocycles. The van der Waals surface area contributed by atoms with Crippen molar-refractivity contribution in [1.29, 1.82) is 0 Å². The zero-order chi connectivity index (χ0) is 10.8. The second kappa shape index (κ2) is 4.14. The quantitative estimate of drug-likeness (QED) is 0.859. The Hall–Kier alpha value is -1.17. The molecule has 2 aromatic heterocycles. The second-order valence-electron chi connectivity index (χ2n) is 3.06. The van der Waals surface area contributed by atoms with Crippen LogP contribution in [0.5, 0.6) is 0 Å². The van der Waals surface area contributed by atoms with Crippen molar-refractivity contribution in [3.05, 3.63) is 16.5 Å². The molecule has 0 aliphatic rings. The van der Waals surface area contributed by atoms with Crippen LogP contribution in [0.1, 0.15) is 19.5 Å². The van der Waals surface area contributed by atoms with Gasteiger partial charge in [-0.3, -0.25) is 4.68 Å². The van der Waals surface area contributed by atoms with Crippen LogP contribution in [0, 0.1) is 0 Å². The maximum absolute atomic E-state index is 5.08. The van der Waals surface area contributed by atoms with Gasteiger partial charge in [0.1, 0.15) is 5.69 Å². The number of aryl methyl sites for hydroxylation is 2. The van der Waals surface area contributed by atoms with Crippen LogP contribution >= 0.6 is 15.9 Å². The highest BCUT2D eigenvalue weighted by Crippen LogP contribution is 2.20. The van der Waals surface area contributed by atoms with Crippen molar-refractivity contribution in [2.24, 2.45) is 0 Å². The monoisotopic (exact) mass is 270 g/mol. The van der Waals surface area contributed by atoms with Gasteiger partial charge >= 0.3 is 0 Å². The van der Waals surface area contributed by atoms with Crippen molar-refractivity contribution in [3.63, 3.8) is 0 Å². The summed E-state index contributed by atoms with van der Waals surface area (Å²) in [7, 11) is 0. The van der Waals surface area contributed by atoms with Crippen LogP contribution in [0.2, 0.25) is 0 Å². The molecule has 5 nitrogen and oxygen atoms in total. The zero-order valence-corrected chi connectivity index (χ0v) is 10.2. The molecule has 0 unspecified atom stereocenters. The van der Waals surface area contributed by atoms with Crippen molar-refractivity contribution < 1.29 is 4.52 Å². The van der Waals surface area contributed by atoms with E-state index in [2.05, 4.69) is 38.1 Å². The van der Waals surface area contributed by atoms with Gasteiger partial charge in [0.2, 0.25) is 4.73 Å². The largest absolute Gasteiger partial charge is 0.331 e. The summed E-state index contributed by atoms with van der Waals surface area (Å²) >= 11 is 3.15. The lowest BCUT2D eigenvalue weighted by molar-refractivity contribution is 0.421. The maximum Gasteiger partial charge on any atom is 0.276 e. The van der Waals surface area contributed by atoms with Gasteiger partial charge in [0, 0.05) is 6.54 Å². The van der Waals surface area contributed by atoms with Crippen LogP contribution in [0.15, 0.2) is 15.3 Å². The van der Waals surface area contributed by atoms with Crippen LogP contribution in [0.3, 0.4) is 0 Å². The molecular weight excluding hydrogens is 260 g/mol. The van der Waals surface area contributed by atoms with Gasteiger partial charge in [0.15, 0.2) is 0 Å². The summed E-state index contributed by atoms with van der Waals surface area (Å²) in [5, 5.41) is 8.10. The Balaban J connectivity index is 2.46. The first-order chi connectivity index (χ1) is 7.24. The van der Waals surface area contributed by atoms with E-state index in [0.29, 0.717) is 10.6 Å². The minimum Gasteiger partial charge on any atom is -0.331 e. The van der Waals surface area contributed by atoms with Gasteiger partial charge in [0.25, 0.3) is 5.89 Å². The predicted octanol–water partition coefficient (Wildman–Crippen LogP) is 2.28. The summed E-state index contributed by atoms with van der Waals surface area (Å²) in [6.07, 6.45) is 0.898. The topological polar surface area (TPSA) is 56.7 Å². The summed E-state index contributed by atoms with van der Waals surface area (Å²) in [5.41, 5.74) is 1.90. The molecule has 0 saturated carbocycles. The van der Waals surface area contributed by atoms with Crippen LogP contribution < -0.4 is 0 Å². The Kier molecular flexibility index (Phi) is 2.86. The first-order valence-electron chi connectivity index (χ1n) is 4.81. The minimum atomic E-state index is 0.458. The van der Waals surface area contributed by atoms with Crippen LogP contribution in [0.4, 0.5) is 0 Å². The van der Waals surface area contributed by atoms with Crippen LogP contribution in [-0.2, 0) is 13.0 Å². The van der Waals surface area contributed by atoms with E-state index in [9.17, 15) is 0 Å². The summed E-state index contributed by atoms with van der Waals surface area (Å²) < 4.78 is 7.40. The Morgan fingerprint density at radius 3 is 2.80 bits per heavy atom. The number of aromatic nitrogens is 4. The lowest BCUT2D eigenvalue weighted by Gasteiger charge is -1.97. The summed E-state index contributed by atoms with van der Waals surface area (Å²) in [4.78, 5) is 4.12. The van der Waals surface area contributed by atoms with E-state index in [-0.39, 0.29) is 0 Å². The molecule has 0 aromatic carbocycles. The molecule has 0 spiro atoms. The van der Waals surface area contributed by atoms with E-state index in [1.54, 1.807) is 0 Å². The highest BCUT2D eigenvalue weighted by molar-refractivity contribution is 9.10. The average Bonchev–Trinajstić information content (AvgIpc) is 2.82. The molecule has 2 rings (SSSR count). The van der Waals surface area contributed by atoms with Crippen molar-refractivity contribution in [2.75, 3.05) is 0 Å². The normalized spacial score (nSPS) is 10.9. The lowest BCUT2D eigenvalue weighted by atomic mass is 10.3. The summed E-state index contributed by atoms with van der Waals surface area (Å²) in [6.45, 7) is 4.88. The third kappa shape index (κ3) is 1.94. The number of nitrogens with zero attached hydrogens (tertiary/aromatic N) is 4. The fourth-order valence-electron chi connectivity index (χ4n) is 1.37. The number of rotatable bonds is 3. The molecule has 0 fully saturated rings. The minimum absolute atomic E-state index is 0.458. The van der Waals surface area contributed by atoms with Gasteiger partial charge in [-0.2, -0.15) is 10.1 Å².